The Bertz CT molecular complexity index is 218. The zero-order valence-corrected chi connectivity index (χ0v) is 5.33. The van der Waals surface area contributed by atoms with Crippen molar-refractivity contribution in [1.82, 2.24) is 4.98 Å². The lowest BCUT2D eigenvalue weighted by atomic mass is 10.3. The molecule has 2 heteroatoms. The van der Waals surface area contributed by atoms with E-state index in [0.717, 1.165) is 11.4 Å². The SMILES string of the molecule is C=Nc1ncccc1C. The van der Waals surface area contributed by atoms with E-state index in [9.17, 15) is 0 Å². The number of hydrogen-bond donors (Lipinski definition) is 0. The second-order valence-corrected chi connectivity index (χ2v) is 1.80. The van der Waals surface area contributed by atoms with Crippen LogP contribution in [0.5, 0.6) is 0 Å². The number of nitrogens with zero attached hydrogens (tertiary/aromatic N) is 2. The first-order valence-electron chi connectivity index (χ1n) is 2.73. The van der Waals surface area contributed by atoms with E-state index in [2.05, 4.69) is 16.7 Å². The van der Waals surface area contributed by atoms with Crippen molar-refractivity contribution in [2.75, 3.05) is 0 Å². The summed E-state index contributed by atoms with van der Waals surface area (Å²) in [6.07, 6.45) is 1.71. The maximum Gasteiger partial charge on any atom is 0.154 e. The van der Waals surface area contributed by atoms with E-state index in [0.29, 0.717) is 0 Å². The van der Waals surface area contributed by atoms with E-state index < -0.39 is 0 Å². The van der Waals surface area contributed by atoms with Crippen molar-refractivity contribution in [1.29, 1.82) is 0 Å². The normalized spacial score (nSPS) is 9.00. The molecule has 0 amide bonds. The van der Waals surface area contributed by atoms with Gasteiger partial charge in [-0.25, -0.2) is 9.98 Å². The van der Waals surface area contributed by atoms with Crippen molar-refractivity contribution in [3.63, 3.8) is 0 Å². The number of aromatic nitrogens is 1. The first-order valence-corrected chi connectivity index (χ1v) is 2.73. The Hall–Kier alpha value is -1.18. The van der Waals surface area contributed by atoms with Gasteiger partial charge >= 0.3 is 0 Å². The van der Waals surface area contributed by atoms with E-state index in [1.165, 1.54) is 0 Å². The summed E-state index contributed by atoms with van der Waals surface area (Å²) in [5.74, 6) is 0.720. The third-order valence-electron chi connectivity index (χ3n) is 1.13. The second-order valence-electron chi connectivity index (χ2n) is 1.80. The number of hydrogen-bond acceptors (Lipinski definition) is 2. The van der Waals surface area contributed by atoms with Gasteiger partial charge in [-0.15, -0.1) is 0 Å². The summed E-state index contributed by atoms with van der Waals surface area (Å²) >= 11 is 0. The van der Waals surface area contributed by atoms with Gasteiger partial charge in [0.1, 0.15) is 0 Å². The Balaban J connectivity index is 3.15. The van der Waals surface area contributed by atoms with Crippen molar-refractivity contribution in [2.45, 2.75) is 6.92 Å². The zero-order valence-electron chi connectivity index (χ0n) is 5.33. The second kappa shape index (κ2) is 2.40. The smallest absolute Gasteiger partial charge is 0.154 e. The van der Waals surface area contributed by atoms with Gasteiger partial charge in [-0.1, -0.05) is 6.07 Å². The number of rotatable bonds is 1. The molecule has 46 valence electrons. The molecule has 0 saturated carbocycles. The lowest BCUT2D eigenvalue weighted by Gasteiger charge is -1.93. The van der Waals surface area contributed by atoms with Crippen molar-refractivity contribution in [2.24, 2.45) is 4.99 Å². The molecule has 0 bridgehead atoms. The van der Waals surface area contributed by atoms with Gasteiger partial charge in [0.05, 0.1) is 0 Å². The minimum absolute atomic E-state index is 0.720. The average molecular weight is 120 g/mol. The molecular weight excluding hydrogens is 112 g/mol. The minimum Gasteiger partial charge on any atom is -0.245 e. The van der Waals surface area contributed by atoms with E-state index in [4.69, 9.17) is 0 Å². The van der Waals surface area contributed by atoms with Crippen LogP contribution in [-0.2, 0) is 0 Å². The number of aryl methyl sites for hydroxylation is 1. The van der Waals surface area contributed by atoms with Gasteiger partial charge in [0.25, 0.3) is 0 Å². The third-order valence-corrected chi connectivity index (χ3v) is 1.13. The molecule has 0 aromatic carbocycles. The maximum atomic E-state index is 3.97. The van der Waals surface area contributed by atoms with Crippen LogP contribution in [0.25, 0.3) is 0 Å². The predicted molar refractivity (Wildman–Crippen MR) is 38.2 cm³/mol. The highest BCUT2D eigenvalue weighted by molar-refractivity contribution is 5.44. The fourth-order valence-electron chi connectivity index (χ4n) is 0.643. The van der Waals surface area contributed by atoms with Crippen molar-refractivity contribution in [3.05, 3.63) is 23.9 Å². The molecule has 0 saturated heterocycles. The molecule has 1 aromatic rings. The van der Waals surface area contributed by atoms with Crippen LogP contribution in [0, 0.1) is 6.92 Å². The van der Waals surface area contributed by atoms with Crippen LogP contribution in [0.2, 0.25) is 0 Å². The first-order chi connectivity index (χ1) is 4.34. The van der Waals surface area contributed by atoms with Gasteiger partial charge < -0.3 is 0 Å². The number of aliphatic imine (C=N–C) groups is 1. The summed E-state index contributed by atoms with van der Waals surface area (Å²) in [7, 11) is 0. The molecule has 0 atom stereocenters. The fourth-order valence-corrected chi connectivity index (χ4v) is 0.643. The van der Waals surface area contributed by atoms with Crippen LogP contribution in [-0.4, -0.2) is 11.7 Å². The van der Waals surface area contributed by atoms with Crippen LogP contribution in [0.15, 0.2) is 23.3 Å². The van der Waals surface area contributed by atoms with Gasteiger partial charge in [0.2, 0.25) is 0 Å². The molecule has 0 fully saturated rings. The fraction of sp³-hybridized carbons (Fsp3) is 0.143. The van der Waals surface area contributed by atoms with Crippen molar-refractivity contribution >= 4 is 12.5 Å². The topological polar surface area (TPSA) is 25.2 Å². The Labute approximate surface area is 54.3 Å². The Morgan fingerprint density at radius 2 is 2.44 bits per heavy atom. The molecule has 1 aromatic heterocycles. The average Bonchev–Trinajstić information content (AvgIpc) is 1.89. The summed E-state index contributed by atoms with van der Waals surface area (Å²) in [4.78, 5) is 7.68. The molecule has 0 aliphatic heterocycles. The molecule has 1 heterocycles. The van der Waals surface area contributed by atoms with Crippen LogP contribution in [0.4, 0.5) is 5.82 Å². The first kappa shape index (κ1) is 5.95. The number of pyridine rings is 1. The van der Waals surface area contributed by atoms with E-state index in [1.54, 1.807) is 6.20 Å². The van der Waals surface area contributed by atoms with Crippen LogP contribution in [0.3, 0.4) is 0 Å². The molecule has 0 unspecified atom stereocenters. The van der Waals surface area contributed by atoms with Gasteiger partial charge in [0, 0.05) is 6.20 Å². The zero-order chi connectivity index (χ0) is 6.69. The molecule has 2 nitrogen and oxygen atoms in total. The molecule has 9 heavy (non-hydrogen) atoms. The summed E-state index contributed by atoms with van der Waals surface area (Å²) < 4.78 is 0. The standard InChI is InChI=1S/C7H8N2/c1-6-4-3-5-9-7(6)8-2/h3-5H,2H2,1H3. The largest absolute Gasteiger partial charge is 0.245 e. The Morgan fingerprint density at radius 3 is 2.89 bits per heavy atom. The molecule has 0 aliphatic rings. The Kier molecular flexibility index (Phi) is 1.58. The lowest BCUT2D eigenvalue weighted by molar-refractivity contribution is 1.23. The van der Waals surface area contributed by atoms with Crippen LogP contribution in [0.1, 0.15) is 5.56 Å². The third kappa shape index (κ3) is 1.13. The highest BCUT2D eigenvalue weighted by atomic mass is 14.9. The minimum atomic E-state index is 0.720. The highest BCUT2D eigenvalue weighted by Crippen LogP contribution is 2.10. The van der Waals surface area contributed by atoms with Gasteiger partial charge in [-0.2, -0.15) is 0 Å². The molecular formula is C7H8N2. The molecule has 0 aliphatic carbocycles. The van der Waals surface area contributed by atoms with Crippen molar-refractivity contribution in [3.8, 4) is 0 Å². The molecule has 1 rings (SSSR count). The van der Waals surface area contributed by atoms with E-state index in [-0.39, 0.29) is 0 Å². The van der Waals surface area contributed by atoms with Crippen molar-refractivity contribution < 1.29 is 0 Å². The molecule has 0 radical (unpaired) electrons. The molecule has 0 N–H and O–H groups in total. The Morgan fingerprint density at radius 1 is 1.67 bits per heavy atom. The summed E-state index contributed by atoms with van der Waals surface area (Å²) in [5.41, 5.74) is 1.06. The van der Waals surface area contributed by atoms with Gasteiger partial charge in [-0.3, -0.25) is 0 Å². The van der Waals surface area contributed by atoms with Gasteiger partial charge in [0.15, 0.2) is 5.82 Å². The van der Waals surface area contributed by atoms with Gasteiger partial charge in [-0.05, 0) is 25.3 Å². The van der Waals surface area contributed by atoms with Crippen LogP contribution >= 0.6 is 0 Å². The maximum absolute atomic E-state index is 3.97. The highest BCUT2D eigenvalue weighted by Gasteiger charge is 1.89. The lowest BCUT2D eigenvalue weighted by Crippen LogP contribution is -1.75. The quantitative estimate of drug-likeness (QED) is 0.518. The molecule has 0 spiro atoms. The predicted octanol–water partition coefficient (Wildman–Crippen LogP) is 1.72. The monoisotopic (exact) mass is 120 g/mol. The summed E-state index contributed by atoms with van der Waals surface area (Å²) in [6.45, 7) is 5.33. The summed E-state index contributed by atoms with van der Waals surface area (Å²) in [6, 6.07) is 3.83. The van der Waals surface area contributed by atoms with E-state index in [1.807, 2.05) is 19.1 Å². The summed E-state index contributed by atoms with van der Waals surface area (Å²) in [5, 5.41) is 0. The van der Waals surface area contributed by atoms with Crippen LogP contribution < -0.4 is 0 Å². The van der Waals surface area contributed by atoms with E-state index >= 15 is 0 Å².